The topological polar surface area (TPSA) is 95.0 Å². The number of aromatic carboxylic acids is 1. The Bertz CT molecular complexity index is 750. The first-order chi connectivity index (χ1) is 12.2. The molecule has 0 bridgehead atoms. The minimum Gasteiger partial charge on any atom is -0.478 e. The molecule has 7 nitrogen and oxygen atoms in total. The highest BCUT2D eigenvalue weighted by Crippen LogP contribution is 2.26. The van der Waals surface area contributed by atoms with Gasteiger partial charge in [-0.05, 0) is 57.9 Å². The second-order valence-electron chi connectivity index (χ2n) is 6.73. The molecule has 1 fully saturated rings. The van der Waals surface area contributed by atoms with E-state index in [0.717, 1.165) is 0 Å². The van der Waals surface area contributed by atoms with E-state index in [1.54, 1.807) is 0 Å². The molecule has 26 heavy (non-hydrogen) atoms. The Balaban J connectivity index is 2.06. The van der Waals surface area contributed by atoms with Crippen molar-refractivity contribution in [3.05, 3.63) is 29.8 Å². The van der Waals surface area contributed by atoms with Crippen LogP contribution in [0.15, 0.2) is 29.2 Å². The van der Waals surface area contributed by atoms with E-state index in [9.17, 15) is 18.0 Å². The van der Waals surface area contributed by atoms with Gasteiger partial charge in [-0.25, -0.2) is 13.2 Å². The van der Waals surface area contributed by atoms with Crippen molar-refractivity contribution < 1.29 is 23.1 Å². The molecular formula is C18H26N2O5S. The summed E-state index contributed by atoms with van der Waals surface area (Å²) in [5, 5.41) is 8.92. The van der Waals surface area contributed by atoms with Crippen LogP contribution in [-0.2, 0) is 14.8 Å². The zero-order valence-corrected chi connectivity index (χ0v) is 16.2. The number of carboxylic acid groups (broad SMARTS) is 1. The summed E-state index contributed by atoms with van der Waals surface area (Å²) >= 11 is 0. The van der Waals surface area contributed by atoms with Gasteiger partial charge in [0.1, 0.15) is 0 Å². The largest absolute Gasteiger partial charge is 0.478 e. The van der Waals surface area contributed by atoms with Crippen LogP contribution >= 0.6 is 0 Å². The lowest BCUT2D eigenvalue weighted by Gasteiger charge is -2.34. The number of sulfonamides is 1. The van der Waals surface area contributed by atoms with Crippen molar-refractivity contribution in [1.29, 1.82) is 0 Å². The summed E-state index contributed by atoms with van der Waals surface area (Å²) in [6.45, 7) is 7.11. The van der Waals surface area contributed by atoms with E-state index in [1.165, 1.54) is 28.6 Å². The predicted molar refractivity (Wildman–Crippen MR) is 97.4 cm³/mol. The number of piperidine rings is 1. The quantitative estimate of drug-likeness (QED) is 0.812. The van der Waals surface area contributed by atoms with Gasteiger partial charge >= 0.3 is 5.97 Å². The highest BCUT2D eigenvalue weighted by atomic mass is 32.2. The van der Waals surface area contributed by atoms with Crippen molar-refractivity contribution in [1.82, 2.24) is 9.21 Å². The first-order valence-corrected chi connectivity index (χ1v) is 10.3. The van der Waals surface area contributed by atoms with Gasteiger partial charge in [-0.1, -0.05) is 0 Å². The normalized spacial score (nSPS) is 16.6. The maximum Gasteiger partial charge on any atom is 0.335 e. The molecule has 8 heteroatoms. The van der Waals surface area contributed by atoms with Crippen LogP contribution in [0.1, 0.15) is 44.0 Å². The van der Waals surface area contributed by atoms with E-state index in [-0.39, 0.29) is 41.4 Å². The molecule has 0 saturated carbocycles. The Labute approximate surface area is 154 Å². The highest BCUT2D eigenvalue weighted by Gasteiger charge is 2.34. The molecule has 2 rings (SSSR count). The second-order valence-corrected chi connectivity index (χ2v) is 8.66. The lowest BCUT2D eigenvalue weighted by Crippen LogP contribution is -2.46. The fraction of sp³-hybridized carbons (Fsp3) is 0.556. The molecule has 0 spiro atoms. The van der Waals surface area contributed by atoms with Crippen molar-refractivity contribution >= 4 is 21.9 Å². The number of benzene rings is 1. The van der Waals surface area contributed by atoms with Crippen LogP contribution in [0.4, 0.5) is 0 Å². The molecule has 0 aromatic heterocycles. The molecule has 144 valence electrons. The van der Waals surface area contributed by atoms with E-state index in [2.05, 4.69) is 0 Å². The monoisotopic (exact) mass is 382 g/mol. The lowest BCUT2D eigenvalue weighted by atomic mass is 9.96. The van der Waals surface area contributed by atoms with Gasteiger partial charge in [0.15, 0.2) is 0 Å². The van der Waals surface area contributed by atoms with Crippen LogP contribution in [0.3, 0.4) is 0 Å². The maximum absolute atomic E-state index is 12.7. The first-order valence-electron chi connectivity index (χ1n) is 8.82. The summed E-state index contributed by atoms with van der Waals surface area (Å²) in [7, 11) is -3.68. The Morgan fingerprint density at radius 3 is 2.15 bits per heavy atom. The maximum atomic E-state index is 12.7. The third-order valence-corrected chi connectivity index (χ3v) is 6.70. The molecule has 1 aromatic rings. The van der Waals surface area contributed by atoms with Crippen LogP contribution in [-0.4, -0.2) is 60.3 Å². The van der Waals surface area contributed by atoms with Crippen LogP contribution in [0.25, 0.3) is 0 Å². The highest BCUT2D eigenvalue weighted by molar-refractivity contribution is 7.89. The van der Waals surface area contributed by atoms with E-state index >= 15 is 0 Å². The zero-order valence-electron chi connectivity index (χ0n) is 15.4. The average molecular weight is 382 g/mol. The number of carbonyl (C=O) groups excluding carboxylic acids is 1. The molecule has 1 N–H and O–H groups in total. The van der Waals surface area contributed by atoms with E-state index in [0.29, 0.717) is 19.4 Å². The van der Waals surface area contributed by atoms with E-state index in [4.69, 9.17) is 5.11 Å². The number of nitrogens with zero attached hydrogens (tertiary/aromatic N) is 2. The molecule has 0 radical (unpaired) electrons. The fourth-order valence-corrected chi connectivity index (χ4v) is 4.74. The SMILES string of the molecule is CCN(C(=O)C1CCN(S(=O)(=O)c2ccc(C(=O)O)cc2)CC1)C(C)C. The molecule has 0 atom stereocenters. The molecule has 1 amide bonds. The summed E-state index contributed by atoms with van der Waals surface area (Å²) < 4.78 is 26.8. The molecule has 0 unspecified atom stereocenters. The summed E-state index contributed by atoms with van der Waals surface area (Å²) in [4.78, 5) is 25.4. The Morgan fingerprint density at radius 1 is 1.19 bits per heavy atom. The summed E-state index contributed by atoms with van der Waals surface area (Å²) in [6.07, 6.45) is 0.989. The van der Waals surface area contributed by atoms with Gasteiger partial charge in [-0.15, -0.1) is 0 Å². The van der Waals surface area contributed by atoms with Crippen LogP contribution in [0.2, 0.25) is 0 Å². The van der Waals surface area contributed by atoms with Crippen LogP contribution in [0, 0.1) is 5.92 Å². The van der Waals surface area contributed by atoms with Crippen molar-refractivity contribution in [2.45, 2.75) is 44.6 Å². The number of rotatable bonds is 6. The molecule has 1 aliphatic rings. The molecule has 1 aliphatic heterocycles. The number of hydrogen-bond donors (Lipinski definition) is 1. The number of carbonyl (C=O) groups is 2. The van der Waals surface area contributed by atoms with Gasteiger partial charge in [0, 0.05) is 31.6 Å². The predicted octanol–water partition coefficient (Wildman–Crippen LogP) is 2.04. The molecule has 1 saturated heterocycles. The van der Waals surface area contributed by atoms with Gasteiger partial charge in [0.25, 0.3) is 0 Å². The van der Waals surface area contributed by atoms with Crippen molar-refractivity contribution in [3.8, 4) is 0 Å². The van der Waals surface area contributed by atoms with Crippen LogP contribution < -0.4 is 0 Å². The zero-order chi connectivity index (χ0) is 19.5. The smallest absolute Gasteiger partial charge is 0.335 e. The third kappa shape index (κ3) is 4.24. The minimum absolute atomic E-state index is 0.0431. The average Bonchev–Trinajstić information content (AvgIpc) is 2.62. The van der Waals surface area contributed by atoms with Gasteiger partial charge in [-0.2, -0.15) is 4.31 Å². The molecule has 1 aromatic carbocycles. The van der Waals surface area contributed by atoms with Crippen molar-refractivity contribution in [2.75, 3.05) is 19.6 Å². The fourth-order valence-electron chi connectivity index (χ4n) is 3.27. The number of amides is 1. The van der Waals surface area contributed by atoms with Gasteiger partial charge < -0.3 is 10.0 Å². The number of hydrogen-bond acceptors (Lipinski definition) is 4. The van der Waals surface area contributed by atoms with Crippen molar-refractivity contribution in [3.63, 3.8) is 0 Å². The van der Waals surface area contributed by atoms with E-state index < -0.39 is 16.0 Å². The summed E-state index contributed by atoms with van der Waals surface area (Å²) in [5.74, 6) is -1.16. The second kappa shape index (κ2) is 8.18. The minimum atomic E-state index is -3.68. The molecule has 0 aliphatic carbocycles. The van der Waals surface area contributed by atoms with Gasteiger partial charge in [0.2, 0.25) is 15.9 Å². The van der Waals surface area contributed by atoms with Crippen molar-refractivity contribution in [2.24, 2.45) is 5.92 Å². The summed E-state index contributed by atoms with van der Waals surface area (Å²) in [5.41, 5.74) is 0.0431. The first kappa shape index (κ1) is 20.4. The summed E-state index contributed by atoms with van der Waals surface area (Å²) in [6, 6.07) is 5.32. The Hall–Kier alpha value is -1.93. The Morgan fingerprint density at radius 2 is 1.73 bits per heavy atom. The van der Waals surface area contributed by atoms with Gasteiger partial charge in [0.05, 0.1) is 10.5 Å². The Kier molecular flexibility index (Phi) is 6.41. The standard InChI is InChI=1S/C18H26N2O5S/c1-4-20(13(2)3)17(21)14-9-11-19(12-10-14)26(24,25)16-7-5-15(6-8-16)18(22)23/h5-8,13-14H,4,9-12H2,1-3H3,(H,22,23). The number of carboxylic acids is 1. The van der Waals surface area contributed by atoms with Crippen LogP contribution in [0.5, 0.6) is 0 Å². The van der Waals surface area contributed by atoms with E-state index in [1.807, 2.05) is 25.7 Å². The van der Waals surface area contributed by atoms with Gasteiger partial charge in [-0.3, -0.25) is 4.79 Å². The lowest BCUT2D eigenvalue weighted by molar-refractivity contribution is -0.138. The third-order valence-electron chi connectivity index (χ3n) is 4.79. The molecule has 1 heterocycles. The molecular weight excluding hydrogens is 356 g/mol.